The van der Waals surface area contributed by atoms with E-state index >= 15 is 0 Å². The van der Waals surface area contributed by atoms with Gasteiger partial charge in [0.2, 0.25) is 5.69 Å². The van der Waals surface area contributed by atoms with Gasteiger partial charge in [-0.2, -0.15) is 0 Å². The van der Waals surface area contributed by atoms with Crippen molar-refractivity contribution in [1.82, 2.24) is 5.32 Å². The summed E-state index contributed by atoms with van der Waals surface area (Å²) >= 11 is 0. The van der Waals surface area contributed by atoms with Gasteiger partial charge in [0.15, 0.2) is 5.71 Å². The highest BCUT2D eigenvalue weighted by atomic mass is 15.0. The fourth-order valence-electron chi connectivity index (χ4n) is 2.52. The lowest BCUT2D eigenvalue weighted by molar-refractivity contribution is -0.403. The lowest BCUT2D eigenvalue weighted by Gasteiger charge is -2.16. The van der Waals surface area contributed by atoms with Crippen LogP contribution in [0.1, 0.15) is 38.8 Å². The van der Waals surface area contributed by atoms with E-state index in [4.69, 9.17) is 5.41 Å². The monoisotopic (exact) mass is 244 g/mol. The molecule has 0 spiro atoms. The molecule has 0 radical (unpaired) electrons. The highest BCUT2D eigenvalue weighted by Crippen LogP contribution is 2.39. The third-order valence-electron chi connectivity index (χ3n) is 4.06. The van der Waals surface area contributed by atoms with Crippen LogP contribution in [0.2, 0.25) is 0 Å². The minimum absolute atomic E-state index is 0.0970. The molecule has 0 saturated heterocycles. The Hall–Kier alpha value is -1.64. The van der Waals surface area contributed by atoms with Crippen molar-refractivity contribution >= 4 is 17.2 Å². The van der Waals surface area contributed by atoms with E-state index in [1.54, 1.807) is 6.92 Å². The van der Waals surface area contributed by atoms with Crippen molar-refractivity contribution in [2.24, 2.45) is 0 Å². The number of rotatable bonds is 2. The summed E-state index contributed by atoms with van der Waals surface area (Å²) < 4.78 is 2.27. The van der Waals surface area contributed by atoms with Gasteiger partial charge < -0.3 is 5.32 Å². The molecule has 18 heavy (non-hydrogen) atoms. The zero-order valence-electron chi connectivity index (χ0n) is 11.9. The van der Waals surface area contributed by atoms with E-state index in [-0.39, 0.29) is 5.41 Å². The van der Waals surface area contributed by atoms with E-state index in [1.165, 1.54) is 22.5 Å². The molecule has 3 heteroatoms. The Balaban J connectivity index is 2.37. The SMILES string of the molecule is CC(=N)NCc1ccc2c(c1)C(C)(C)C(C)=[N+]2C. The van der Waals surface area contributed by atoms with Gasteiger partial charge in [-0.3, -0.25) is 5.41 Å². The number of hydrogen-bond donors (Lipinski definition) is 2. The van der Waals surface area contributed by atoms with E-state index < -0.39 is 0 Å². The summed E-state index contributed by atoms with van der Waals surface area (Å²) in [4.78, 5) is 0. The molecule has 1 aliphatic rings. The lowest BCUT2D eigenvalue weighted by Crippen LogP contribution is -2.25. The van der Waals surface area contributed by atoms with Crippen molar-refractivity contribution in [1.29, 1.82) is 5.41 Å². The van der Waals surface area contributed by atoms with Gasteiger partial charge in [-0.05, 0) is 32.4 Å². The first-order valence-corrected chi connectivity index (χ1v) is 6.34. The number of nitrogens with zero attached hydrogens (tertiary/aromatic N) is 1. The van der Waals surface area contributed by atoms with Gasteiger partial charge in [-0.25, -0.2) is 4.58 Å². The summed E-state index contributed by atoms with van der Waals surface area (Å²) in [7, 11) is 2.13. The molecular weight excluding hydrogens is 222 g/mol. The molecule has 1 aromatic rings. The van der Waals surface area contributed by atoms with Gasteiger partial charge >= 0.3 is 0 Å². The van der Waals surface area contributed by atoms with Gasteiger partial charge in [-0.15, -0.1) is 0 Å². The van der Waals surface area contributed by atoms with Crippen LogP contribution in [-0.4, -0.2) is 23.2 Å². The number of hydrogen-bond acceptors (Lipinski definition) is 1. The van der Waals surface area contributed by atoms with Crippen LogP contribution in [0.15, 0.2) is 18.2 Å². The third-order valence-corrected chi connectivity index (χ3v) is 4.06. The molecule has 96 valence electrons. The van der Waals surface area contributed by atoms with Crippen LogP contribution >= 0.6 is 0 Å². The van der Waals surface area contributed by atoms with Crippen LogP contribution in [-0.2, 0) is 12.0 Å². The smallest absolute Gasteiger partial charge is 0.209 e. The number of benzene rings is 1. The Morgan fingerprint density at radius 2 is 2.06 bits per heavy atom. The van der Waals surface area contributed by atoms with E-state index in [1.807, 2.05) is 0 Å². The molecule has 0 fully saturated rings. The second-order valence-electron chi connectivity index (χ2n) is 5.60. The fourth-order valence-corrected chi connectivity index (χ4v) is 2.52. The van der Waals surface area contributed by atoms with Crippen molar-refractivity contribution in [2.75, 3.05) is 7.05 Å². The van der Waals surface area contributed by atoms with Gasteiger partial charge in [0.25, 0.3) is 0 Å². The Kier molecular flexibility index (Phi) is 3.01. The zero-order valence-corrected chi connectivity index (χ0v) is 11.9. The Bertz CT molecular complexity index is 539. The average Bonchev–Trinajstić information content (AvgIpc) is 2.49. The molecule has 0 bridgehead atoms. The lowest BCUT2D eigenvalue weighted by atomic mass is 9.81. The van der Waals surface area contributed by atoms with Gasteiger partial charge in [-0.1, -0.05) is 6.07 Å². The van der Waals surface area contributed by atoms with Gasteiger partial charge in [0.1, 0.15) is 7.05 Å². The quantitative estimate of drug-likeness (QED) is 0.468. The maximum atomic E-state index is 7.42. The zero-order chi connectivity index (χ0) is 13.5. The molecule has 1 aliphatic heterocycles. The van der Waals surface area contributed by atoms with E-state index in [0.29, 0.717) is 5.84 Å². The molecule has 0 amide bonds. The Labute approximate surface area is 109 Å². The second-order valence-corrected chi connectivity index (χ2v) is 5.60. The fraction of sp³-hybridized carbons (Fsp3) is 0.467. The van der Waals surface area contributed by atoms with Crippen LogP contribution in [0.3, 0.4) is 0 Å². The number of amidine groups is 1. The van der Waals surface area contributed by atoms with Crippen molar-refractivity contribution < 1.29 is 4.58 Å². The van der Waals surface area contributed by atoms with Crippen molar-refractivity contribution in [3.63, 3.8) is 0 Å². The first kappa shape index (κ1) is 12.8. The largest absolute Gasteiger partial charge is 0.370 e. The van der Waals surface area contributed by atoms with Crippen LogP contribution in [0.5, 0.6) is 0 Å². The maximum Gasteiger partial charge on any atom is 0.209 e. The summed E-state index contributed by atoms with van der Waals surface area (Å²) in [6.45, 7) is 9.22. The molecule has 0 atom stereocenters. The van der Waals surface area contributed by atoms with Crippen molar-refractivity contribution in [3.05, 3.63) is 29.3 Å². The predicted molar refractivity (Wildman–Crippen MR) is 76.2 cm³/mol. The topological polar surface area (TPSA) is 38.9 Å². The molecule has 1 heterocycles. The molecular formula is C15H22N3+. The van der Waals surface area contributed by atoms with Gasteiger partial charge in [0.05, 0.1) is 11.3 Å². The minimum atomic E-state index is 0.0970. The molecule has 0 aliphatic carbocycles. The maximum absolute atomic E-state index is 7.42. The molecule has 2 rings (SSSR count). The summed E-state index contributed by atoms with van der Waals surface area (Å²) in [6, 6.07) is 6.59. The average molecular weight is 244 g/mol. The summed E-state index contributed by atoms with van der Waals surface area (Å²) in [6.07, 6.45) is 0. The first-order valence-electron chi connectivity index (χ1n) is 6.34. The Morgan fingerprint density at radius 1 is 1.39 bits per heavy atom. The predicted octanol–water partition coefficient (Wildman–Crippen LogP) is 2.80. The van der Waals surface area contributed by atoms with E-state index in [0.717, 1.165) is 6.54 Å². The molecule has 2 N–H and O–H groups in total. The molecule has 0 unspecified atom stereocenters. The molecule has 0 aromatic heterocycles. The van der Waals surface area contributed by atoms with E-state index in [9.17, 15) is 0 Å². The van der Waals surface area contributed by atoms with Crippen LogP contribution in [0, 0.1) is 5.41 Å². The van der Waals surface area contributed by atoms with Crippen LogP contribution < -0.4 is 5.32 Å². The van der Waals surface area contributed by atoms with Crippen molar-refractivity contribution in [2.45, 2.75) is 39.7 Å². The normalized spacial score (nSPS) is 16.7. The van der Waals surface area contributed by atoms with Crippen LogP contribution in [0.4, 0.5) is 5.69 Å². The Morgan fingerprint density at radius 3 is 2.67 bits per heavy atom. The van der Waals surface area contributed by atoms with Gasteiger partial charge in [0, 0.05) is 25.1 Å². The summed E-state index contributed by atoms with van der Waals surface area (Å²) in [5, 5.41) is 10.5. The van der Waals surface area contributed by atoms with Crippen molar-refractivity contribution in [3.8, 4) is 0 Å². The second kappa shape index (κ2) is 4.23. The van der Waals surface area contributed by atoms with Crippen LogP contribution in [0.25, 0.3) is 0 Å². The van der Waals surface area contributed by atoms with E-state index in [2.05, 4.69) is 55.9 Å². The molecule has 3 nitrogen and oxygen atoms in total. The summed E-state index contributed by atoms with van der Waals surface area (Å²) in [5.74, 6) is 0.509. The number of nitrogens with one attached hydrogen (secondary N) is 2. The number of fused-ring (bicyclic) bond motifs is 1. The highest BCUT2D eigenvalue weighted by Gasteiger charge is 2.41. The summed E-state index contributed by atoms with van der Waals surface area (Å²) in [5.41, 5.74) is 5.39. The molecule has 0 saturated carbocycles. The minimum Gasteiger partial charge on any atom is -0.370 e. The first-order chi connectivity index (χ1) is 8.34. The standard InChI is InChI=1S/C15H22N3/c1-10-15(3,4)13-8-12(9-17-11(2)16)6-7-14(13)18(10)5/h6-8H,9H2,1-5H3,(H2,16,17)/q+1. The highest BCUT2D eigenvalue weighted by molar-refractivity contribution is 5.93. The third kappa shape index (κ3) is 1.94. The molecule has 1 aromatic carbocycles.